The van der Waals surface area contributed by atoms with Gasteiger partial charge in [0.25, 0.3) is 0 Å². The normalized spacial score (nSPS) is 30.0. The topological polar surface area (TPSA) is 60.0 Å². The van der Waals surface area contributed by atoms with Crippen LogP contribution in [0.15, 0.2) is 12.1 Å². The Morgan fingerprint density at radius 2 is 2.00 bits per heavy atom. The molecule has 1 aliphatic rings. The van der Waals surface area contributed by atoms with Gasteiger partial charge in [-0.1, -0.05) is 6.92 Å². The van der Waals surface area contributed by atoms with Crippen molar-refractivity contribution in [1.29, 1.82) is 0 Å². The number of aromatic nitrogens is 3. The summed E-state index contributed by atoms with van der Waals surface area (Å²) < 4.78 is 11.3. The van der Waals surface area contributed by atoms with E-state index in [1.54, 1.807) is 0 Å². The van der Waals surface area contributed by atoms with Crippen LogP contribution in [0.25, 0.3) is 11.2 Å². The maximum absolute atomic E-state index is 5.89. The molecule has 1 N–H and O–H groups in total. The first-order valence-corrected chi connectivity index (χ1v) is 7.25. The van der Waals surface area contributed by atoms with E-state index >= 15 is 0 Å². The minimum atomic E-state index is 0.173. The van der Waals surface area contributed by atoms with Crippen LogP contribution in [0, 0.1) is 5.92 Å². The number of nitrogens with one attached hydrogen (secondary N) is 1. The van der Waals surface area contributed by atoms with Gasteiger partial charge in [-0.15, -0.1) is 0 Å². The molecular weight excluding hydrogens is 254 g/mol. The highest BCUT2D eigenvalue weighted by molar-refractivity contribution is 5.71. The number of nitrogens with zero attached hydrogens (tertiary/aromatic N) is 2. The van der Waals surface area contributed by atoms with Crippen molar-refractivity contribution in [1.82, 2.24) is 15.0 Å². The highest BCUT2D eigenvalue weighted by Crippen LogP contribution is 2.39. The van der Waals surface area contributed by atoms with Crippen molar-refractivity contribution >= 4 is 11.2 Å². The average molecular weight is 275 g/mol. The Labute approximate surface area is 118 Å². The molecule has 0 aromatic carbocycles. The summed E-state index contributed by atoms with van der Waals surface area (Å²) in [5, 5.41) is 0. The first-order chi connectivity index (χ1) is 9.60. The van der Waals surface area contributed by atoms with E-state index in [0.29, 0.717) is 24.1 Å². The van der Waals surface area contributed by atoms with Gasteiger partial charge in [0.05, 0.1) is 24.3 Å². The van der Waals surface area contributed by atoms with Crippen LogP contribution in [0.2, 0.25) is 0 Å². The molecule has 5 heteroatoms. The largest absolute Gasteiger partial charge is 0.478 e. The molecular formula is C15H21N3O2. The van der Waals surface area contributed by atoms with E-state index in [-0.39, 0.29) is 18.1 Å². The number of imidazole rings is 1. The predicted molar refractivity (Wildman–Crippen MR) is 77.0 cm³/mol. The summed E-state index contributed by atoms with van der Waals surface area (Å²) >= 11 is 0. The summed E-state index contributed by atoms with van der Waals surface area (Å²) in [6, 6.07) is 3.84. The van der Waals surface area contributed by atoms with Gasteiger partial charge in [0.15, 0.2) is 5.65 Å². The number of hydrogen-bond acceptors (Lipinski definition) is 4. The second-order valence-electron chi connectivity index (χ2n) is 5.51. The van der Waals surface area contributed by atoms with Crippen LogP contribution in [-0.2, 0) is 4.74 Å². The Balaban J connectivity index is 1.96. The Morgan fingerprint density at radius 1 is 1.20 bits per heavy atom. The zero-order chi connectivity index (χ0) is 14.3. The van der Waals surface area contributed by atoms with Crippen LogP contribution < -0.4 is 4.74 Å². The molecule has 20 heavy (non-hydrogen) atoms. The van der Waals surface area contributed by atoms with Gasteiger partial charge in [0, 0.05) is 12.0 Å². The molecule has 0 radical (unpaired) electrons. The van der Waals surface area contributed by atoms with E-state index in [1.807, 2.05) is 19.1 Å². The molecule has 1 saturated heterocycles. The molecule has 3 heterocycles. The Hall–Kier alpha value is -1.62. The molecule has 3 rings (SSSR count). The Kier molecular flexibility index (Phi) is 3.38. The SMILES string of the molecule is CCOc1ccc2[nH]c(C3C(C)OC(C)C3C)nc2n1. The number of hydrogen-bond donors (Lipinski definition) is 1. The van der Waals surface area contributed by atoms with Crippen molar-refractivity contribution in [2.24, 2.45) is 5.92 Å². The van der Waals surface area contributed by atoms with Crippen molar-refractivity contribution in [2.75, 3.05) is 6.61 Å². The first-order valence-electron chi connectivity index (χ1n) is 7.25. The van der Waals surface area contributed by atoms with Gasteiger partial charge >= 0.3 is 0 Å². The summed E-state index contributed by atoms with van der Waals surface area (Å²) in [4.78, 5) is 12.4. The molecule has 0 bridgehead atoms. The van der Waals surface area contributed by atoms with E-state index in [2.05, 4.69) is 35.7 Å². The standard InChI is InChI=1S/C15H21N3O2/c1-5-19-12-7-6-11-14(17-12)18-15(16-11)13-8(2)9(3)20-10(13)4/h6-10,13H,5H2,1-4H3,(H,16,17,18). The average Bonchev–Trinajstić information content (AvgIpc) is 2.91. The first kappa shape index (κ1) is 13.4. The fraction of sp³-hybridized carbons (Fsp3) is 0.600. The van der Waals surface area contributed by atoms with Crippen LogP contribution in [0.3, 0.4) is 0 Å². The van der Waals surface area contributed by atoms with Gasteiger partial charge in [0.2, 0.25) is 5.88 Å². The summed E-state index contributed by atoms with van der Waals surface area (Å²) in [6.07, 6.45) is 0.432. The van der Waals surface area contributed by atoms with E-state index in [1.165, 1.54) is 0 Å². The number of ether oxygens (including phenoxy) is 2. The van der Waals surface area contributed by atoms with Gasteiger partial charge in [-0.2, -0.15) is 4.98 Å². The lowest BCUT2D eigenvalue weighted by Gasteiger charge is -2.15. The third kappa shape index (κ3) is 2.16. The number of aromatic amines is 1. The zero-order valence-electron chi connectivity index (χ0n) is 12.4. The van der Waals surface area contributed by atoms with E-state index in [9.17, 15) is 0 Å². The third-order valence-corrected chi connectivity index (χ3v) is 4.19. The van der Waals surface area contributed by atoms with Crippen LogP contribution in [0.1, 0.15) is 39.4 Å². The smallest absolute Gasteiger partial charge is 0.215 e. The quantitative estimate of drug-likeness (QED) is 0.935. The van der Waals surface area contributed by atoms with Gasteiger partial charge in [-0.25, -0.2) is 4.98 Å². The summed E-state index contributed by atoms with van der Waals surface area (Å²) in [5.41, 5.74) is 1.66. The molecule has 5 nitrogen and oxygen atoms in total. The molecule has 2 aromatic rings. The lowest BCUT2D eigenvalue weighted by molar-refractivity contribution is 0.0554. The van der Waals surface area contributed by atoms with Crippen LogP contribution in [-0.4, -0.2) is 33.8 Å². The van der Waals surface area contributed by atoms with Crippen LogP contribution >= 0.6 is 0 Å². The van der Waals surface area contributed by atoms with Crippen LogP contribution in [0.5, 0.6) is 5.88 Å². The van der Waals surface area contributed by atoms with E-state index in [4.69, 9.17) is 9.47 Å². The molecule has 2 aromatic heterocycles. The predicted octanol–water partition coefficient (Wildman–Crippen LogP) is 2.88. The number of H-pyrrole nitrogens is 1. The summed E-state index contributed by atoms with van der Waals surface area (Å²) in [6.45, 7) is 9.00. The Bertz CT molecular complexity index is 610. The molecule has 0 amide bonds. The molecule has 1 fully saturated rings. The van der Waals surface area contributed by atoms with Gasteiger partial charge in [0.1, 0.15) is 5.82 Å². The Morgan fingerprint density at radius 3 is 2.65 bits per heavy atom. The van der Waals surface area contributed by atoms with E-state index < -0.39 is 0 Å². The molecule has 4 unspecified atom stereocenters. The molecule has 0 aliphatic carbocycles. The number of rotatable bonds is 3. The fourth-order valence-corrected chi connectivity index (χ4v) is 3.02. The van der Waals surface area contributed by atoms with Gasteiger partial charge in [-0.3, -0.25) is 0 Å². The number of fused-ring (bicyclic) bond motifs is 1. The monoisotopic (exact) mass is 275 g/mol. The number of pyridine rings is 1. The second kappa shape index (κ2) is 5.05. The highest BCUT2D eigenvalue weighted by Gasteiger charge is 2.39. The maximum Gasteiger partial charge on any atom is 0.215 e. The minimum absolute atomic E-state index is 0.173. The van der Waals surface area contributed by atoms with Crippen LogP contribution in [0.4, 0.5) is 0 Å². The fourth-order valence-electron chi connectivity index (χ4n) is 3.02. The van der Waals surface area contributed by atoms with Gasteiger partial charge < -0.3 is 14.5 Å². The van der Waals surface area contributed by atoms with Crippen molar-refractivity contribution < 1.29 is 9.47 Å². The second-order valence-corrected chi connectivity index (χ2v) is 5.51. The lowest BCUT2D eigenvalue weighted by Crippen LogP contribution is -2.16. The van der Waals surface area contributed by atoms with E-state index in [0.717, 1.165) is 11.3 Å². The lowest BCUT2D eigenvalue weighted by atomic mass is 9.89. The molecule has 108 valence electrons. The molecule has 4 atom stereocenters. The minimum Gasteiger partial charge on any atom is -0.478 e. The summed E-state index contributed by atoms with van der Waals surface area (Å²) in [7, 11) is 0. The van der Waals surface area contributed by atoms with Crippen molar-refractivity contribution in [3.05, 3.63) is 18.0 Å². The summed E-state index contributed by atoms with van der Waals surface area (Å²) in [5.74, 6) is 2.31. The molecule has 0 saturated carbocycles. The third-order valence-electron chi connectivity index (χ3n) is 4.19. The van der Waals surface area contributed by atoms with Crippen molar-refractivity contribution in [3.8, 4) is 5.88 Å². The zero-order valence-corrected chi connectivity index (χ0v) is 12.4. The van der Waals surface area contributed by atoms with Gasteiger partial charge in [-0.05, 0) is 32.8 Å². The van der Waals surface area contributed by atoms with Crippen molar-refractivity contribution in [3.63, 3.8) is 0 Å². The molecule has 1 aliphatic heterocycles. The molecule has 0 spiro atoms. The van der Waals surface area contributed by atoms with Crippen molar-refractivity contribution in [2.45, 2.75) is 45.8 Å². The highest BCUT2D eigenvalue weighted by atomic mass is 16.5. The maximum atomic E-state index is 5.89.